The number of carboxylic acids is 1. The lowest BCUT2D eigenvalue weighted by molar-refractivity contribution is 0.0691. The molecule has 0 aromatic carbocycles. The van der Waals surface area contributed by atoms with Gasteiger partial charge in [-0.05, 0) is 24.6 Å². The van der Waals surface area contributed by atoms with E-state index in [1.165, 1.54) is 0 Å². The van der Waals surface area contributed by atoms with Crippen LogP contribution in [0.25, 0.3) is 11.0 Å². The highest BCUT2D eigenvalue weighted by Gasteiger charge is 2.09. The van der Waals surface area contributed by atoms with Crippen LogP contribution >= 0.6 is 0 Å². The molecular formula is C10H10N2O2. The van der Waals surface area contributed by atoms with Gasteiger partial charge in [0.2, 0.25) is 0 Å². The molecule has 0 radical (unpaired) electrons. The highest BCUT2D eigenvalue weighted by molar-refractivity contribution is 5.90. The van der Waals surface area contributed by atoms with E-state index in [2.05, 4.69) is 4.98 Å². The zero-order valence-corrected chi connectivity index (χ0v) is 7.98. The van der Waals surface area contributed by atoms with E-state index in [1.54, 1.807) is 6.07 Å². The van der Waals surface area contributed by atoms with Gasteiger partial charge in [-0.25, -0.2) is 9.78 Å². The molecule has 2 rings (SSSR count). The molecule has 0 fully saturated rings. The van der Waals surface area contributed by atoms with Crippen LogP contribution in [0.1, 0.15) is 16.1 Å². The van der Waals surface area contributed by atoms with Crippen LogP contribution in [0.15, 0.2) is 18.3 Å². The Labute approximate surface area is 80.8 Å². The quantitative estimate of drug-likeness (QED) is 0.742. The molecule has 0 aliphatic carbocycles. The lowest BCUT2D eigenvalue weighted by Gasteiger charge is -2.00. The van der Waals surface area contributed by atoms with Crippen LogP contribution in [-0.4, -0.2) is 20.6 Å². The van der Waals surface area contributed by atoms with E-state index in [0.717, 1.165) is 10.9 Å². The Morgan fingerprint density at radius 3 is 2.93 bits per heavy atom. The van der Waals surface area contributed by atoms with Crippen molar-refractivity contribution in [3.8, 4) is 0 Å². The van der Waals surface area contributed by atoms with Crippen LogP contribution < -0.4 is 0 Å². The number of carboxylic acid groups (broad SMARTS) is 1. The van der Waals surface area contributed by atoms with Crippen molar-refractivity contribution < 1.29 is 9.90 Å². The first-order chi connectivity index (χ1) is 6.59. The van der Waals surface area contributed by atoms with E-state index in [-0.39, 0.29) is 5.69 Å². The monoisotopic (exact) mass is 190 g/mol. The van der Waals surface area contributed by atoms with Crippen molar-refractivity contribution in [3.63, 3.8) is 0 Å². The summed E-state index contributed by atoms with van der Waals surface area (Å²) in [6.07, 6.45) is 1.87. The summed E-state index contributed by atoms with van der Waals surface area (Å²) in [6, 6.07) is 3.52. The maximum Gasteiger partial charge on any atom is 0.354 e. The molecule has 0 aliphatic heterocycles. The van der Waals surface area contributed by atoms with Crippen molar-refractivity contribution in [3.05, 3.63) is 29.6 Å². The minimum atomic E-state index is -0.990. The van der Waals surface area contributed by atoms with E-state index in [9.17, 15) is 4.79 Å². The summed E-state index contributed by atoms with van der Waals surface area (Å²) in [7, 11) is 1.85. The summed E-state index contributed by atoms with van der Waals surface area (Å²) in [5.74, 6) is -0.990. The van der Waals surface area contributed by atoms with Gasteiger partial charge in [0.15, 0.2) is 5.69 Å². The SMILES string of the molecule is Cc1cc(C(=O)O)nc2c1ccn2C. The molecule has 0 bridgehead atoms. The molecule has 0 saturated carbocycles. The number of aromatic nitrogens is 2. The van der Waals surface area contributed by atoms with Crippen LogP contribution in [-0.2, 0) is 7.05 Å². The van der Waals surface area contributed by atoms with Gasteiger partial charge in [-0.2, -0.15) is 0 Å². The summed E-state index contributed by atoms with van der Waals surface area (Å²) >= 11 is 0. The van der Waals surface area contributed by atoms with E-state index < -0.39 is 5.97 Å². The fourth-order valence-electron chi connectivity index (χ4n) is 1.51. The van der Waals surface area contributed by atoms with Crippen LogP contribution in [0.4, 0.5) is 0 Å². The predicted octanol–water partition coefficient (Wildman–Crippen LogP) is 1.58. The van der Waals surface area contributed by atoms with Crippen LogP contribution in [0.5, 0.6) is 0 Å². The van der Waals surface area contributed by atoms with E-state index in [1.807, 2.05) is 30.8 Å². The summed E-state index contributed by atoms with van der Waals surface area (Å²) in [5, 5.41) is 9.82. The second-order valence-electron chi connectivity index (χ2n) is 3.29. The lowest BCUT2D eigenvalue weighted by atomic mass is 10.2. The lowest BCUT2D eigenvalue weighted by Crippen LogP contribution is -2.02. The maximum atomic E-state index is 10.8. The van der Waals surface area contributed by atoms with Crippen molar-refractivity contribution in [2.24, 2.45) is 7.05 Å². The molecule has 2 aromatic heterocycles. The Morgan fingerprint density at radius 1 is 1.57 bits per heavy atom. The van der Waals surface area contributed by atoms with Crippen molar-refractivity contribution in [1.82, 2.24) is 9.55 Å². The first-order valence-corrected chi connectivity index (χ1v) is 4.25. The molecule has 2 heterocycles. The standard InChI is InChI=1S/C10H10N2O2/c1-6-5-8(10(13)14)11-9-7(6)3-4-12(9)2/h3-5H,1-2H3,(H,13,14). The average molecular weight is 190 g/mol. The van der Waals surface area contributed by atoms with Gasteiger partial charge in [-0.3, -0.25) is 0 Å². The van der Waals surface area contributed by atoms with Gasteiger partial charge in [-0.15, -0.1) is 0 Å². The summed E-state index contributed by atoms with van der Waals surface area (Å²) < 4.78 is 1.81. The molecule has 2 aromatic rings. The third-order valence-electron chi connectivity index (χ3n) is 2.26. The fraction of sp³-hybridized carbons (Fsp3) is 0.200. The molecule has 0 amide bonds. The smallest absolute Gasteiger partial charge is 0.354 e. The zero-order chi connectivity index (χ0) is 10.3. The molecule has 0 saturated heterocycles. The second-order valence-corrected chi connectivity index (χ2v) is 3.29. The molecule has 0 aliphatic rings. The Hall–Kier alpha value is -1.84. The number of aryl methyl sites for hydroxylation is 2. The topological polar surface area (TPSA) is 55.1 Å². The van der Waals surface area contributed by atoms with E-state index in [0.29, 0.717) is 5.65 Å². The number of fused-ring (bicyclic) bond motifs is 1. The Kier molecular flexibility index (Phi) is 1.77. The van der Waals surface area contributed by atoms with Crippen molar-refractivity contribution in [2.75, 3.05) is 0 Å². The highest BCUT2D eigenvalue weighted by Crippen LogP contribution is 2.18. The molecule has 1 N–H and O–H groups in total. The maximum absolute atomic E-state index is 10.8. The minimum Gasteiger partial charge on any atom is -0.477 e. The number of hydrogen-bond acceptors (Lipinski definition) is 2. The third-order valence-corrected chi connectivity index (χ3v) is 2.26. The van der Waals surface area contributed by atoms with Crippen molar-refractivity contribution in [2.45, 2.75) is 6.92 Å². The minimum absolute atomic E-state index is 0.0943. The Bertz CT molecular complexity index is 514. The van der Waals surface area contributed by atoms with Crippen LogP contribution in [0, 0.1) is 6.92 Å². The summed E-state index contributed by atoms with van der Waals surface area (Å²) in [4.78, 5) is 14.8. The number of nitrogens with zero attached hydrogens (tertiary/aromatic N) is 2. The molecule has 0 spiro atoms. The van der Waals surface area contributed by atoms with Gasteiger partial charge in [0.25, 0.3) is 0 Å². The molecule has 4 nitrogen and oxygen atoms in total. The first-order valence-electron chi connectivity index (χ1n) is 4.25. The number of pyridine rings is 1. The molecule has 0 unspecified atom stereocenters. The number of hydrogen-bond donors (Lipinski definition) is 1. The third kappa shape index (κ3) is 1.16. The van der Waals surface area contributed by atoms with Gasteiger partial charge in [0, 0.05) is 18.6 Å². The molecule has 72 valence electrons. The summed E-state index contributed by atoms with van der Waals surface area (Å²) in [6.45, 7) is 1.89. The molecule has 14 heavy (non-hydrogen) atoms. The van der Waals surface area contributed by atoms with Gasteiger partial charge in [0.05, 0.1) is 0 Å². The van der Waals surface area contributed by atoms with Gasteiger partial charge < -0.3 is 9.67 Å². The predicted molar refractivity (Wildman–Crippen MR) is 52.4 cm³/mol. The second kappa shape index (κ2) is 2.83. The number of aromatic carboxylic acids is 1. The fourth-order valence-corrected chi connectivity index (χ4v) is 1.51. The van der Waals surface area contributed by atoms with Crippen molar-refractivity contribution >= 4 is 17.0 Å². The average Bonchev–Trinajstić information content (AvgIpc) is 2.48. The van der Waals surface area contributed by atoms with Gasteiger partial charge >= 0.3 is 5.97 Å². The first kappa shape index (κ1) is 8.74. The molecule has 0 atom stereocenters. The zero-order valence-electron chi connectivity index (χ0n) is 7.98. The van der Waals surface area contributed by atoms with Gasteiger partial charge in [-0.1, -0.05) is 0 Å². The highest BCUT2D eigenvalue weighted by atomic mass is 16.4. The molecular weight excluding hydrogens is 180 g/mol. The van der Waals surface area contributed by atoms with Crippen LogP contribution in [0.3, 0.4) is 0 Å². The largest absolute Gasteiger partial charge is 0.477 e. The normalized spacial score (nSPS) is 10.7. The van der Waals surface area contributed by atoms with Crippen LogP contribution in [0.2, 0.25) is 0 Å². The number of carbonyl (C=O) groups is 1. The molecule has 4 heteroatoms. The van der Waals surface area contributed by atoms with E-state index in [4.69, 9.17) is 5.11 Å². The Morgan fingerprint density at radius 2 is 2.29 bits per heavy atom. The van der Waals surface area contributed by atoms with Crippen molar-refractivity contribution in [1.29, 1.82) is 0 Å². The summed E-state index contributed by atoms with van der Waals surface area (Å²) in [5.41, 5.74) is 1.74. The Balaban J connectivity index is 2.82. The van der Waals surface area contributed by atoms with Gasteiger partial charge in [0.1, 0.15) is 5.65 Å². The number of rotatable bonds is 1. The van der Waals surface area contributed by atoms with E-state index >= 15 is 0 Å².